The maximum absolute atomic E-state index is 12.6. The van der Waals surface area contributed by atoms with E-state index in [1.54, 1.807) is 17.6 Å². The first-order valence-corrected chi connectivity index (χ1v) is 7.88. The van der Waals surface area contributed by atoms with Gasteiger partial charge in [-0.2, -0.15) is 4.57 Å². The van der Waals surface area contributed by atoms with Gasteiger partial charge in [-0.15, -0.1) is 0 Å². The minimum absolute atomic E-state index is 0. The monoisotopic (exact) mass is 419 g/mol. The molecule has 0 fully saturated rings. The SMILES string of the molecule is Cc1n(CCO)c([N+](=O)[O-])c[n+]1CC(=O)c1ccc2ccccc2c1.[Br-]. The van der Waals surface area contributed by atoms with Gasteiger partial charge in [-0.1, -0.05) is 36.4 Å². The molecule has 3 aromatic rings. The summed E-state index contributed by atoms with van der Waals surface area (Å²) in [4.78, 5) is 23.3. The van der Waals surface area contributed by atoms with Gasteiger partial charge in [0.2, 0.25) is 5.78 Å². The van der Waals surface area contributed by atoms with E-state index in [4.69, 9.17) is 5.11 Å². The van der Waals surface area contributed by atoms with Crippen LogP contribution in [0.5, 0.6) is 0 Å². The summed E-state index contributed by atoms with van der Waals surface area (Å²) >= 11 is 0. The van der Waals surface area contributed by atoms with Crippen LogP contribution in [-0.2, 0) is 13.1 Å². The van der Waals surface area contributed by atoms with Crippen LogP contribution >= 0.6 is 0 Å². The predicted octanol–water partition coefficient (Wildman–Crippen LogP) is -0.975. The second kappa shape index (κ2) is 8.20. The fourth-order valence-electron chi connectivity index (χ4n) is 2.91. The highest BCUT2D eigenvalue weighted by Crippen LogP contribution is 2.17. The minimum Gasteiger partial charge on any atom is -1.00 e. The zero-order valence-electron chi connectivity index (χ0n) is 14.1. The van der Waals surface area contributed by atoms with Crippen LogP contribution in [0.2, 0.25) is 0 Å². The van der Waals surface area contributed by atoms with Crippen LogP contribution < -0.4 is 21.5 Å². The molecule has 8 heteroatoms. The maximum Gasteiger partial charge on any atom is 0.365 e. The van der Waals surface area contributed by atoms with Gasteiger partial charge >= 0.3 is 5.82 Å². The van der Waals surface area contributed by atoms with E-state index in [0.29, 0.717) is 11.4 Å². The molecule has 3 rings (SSSR count). The number of ketones is 1. The first-order valence-electron chi connectivity index (χ1n) is 7.88. The highest BCUT2D eigenvalue weighted by molar-refractivity contribution is 5.99. The summed E-state index contributed by atoms with van der Waals surface area (Å²) in [6, 6.07) is 13.2. The van der Waals surface area contributed by atoms with Crippen molar-refractivity contribution >= 4 is 22.4 Å². The van der Waals surface area contributed by atoms with Crippen molar-refractivity contribution in [1.29, 1.82) is 0 Å². The zero-order valence-corrected chi connectivity index (χ0v) is 15.7. The molecule has 0 aliphatic heterocycles. The number of Topliss-reactive ketones (excluding diaryl/α,β-unsaturated/α-hetero) is 1. The molecule has 0 spiro atoms. The molecule has 0 saturated carbocycles. The lowest BCUT2D eigenvalue weighted by Crippen LogP contribution is -3.00. The number of aliphatic hydroxyl groups is 1. The van der Waals surface area contributed by atoms with Crippen molar-refractivity contribution in [3.8, 4) is 0 Å². The third-order valence-electron chi connectivity index (χ3n) is 4.25. The van der Waals surface area contributed by atoms with Gasteiger partial charge < -0.3 is 32.2 Å². The number of carbonyl (C=O) groups excluding carboxylic acids is 1. The molecule has 1 aromatic heterocycles. The van der Waals surface area contributed by atoms with Crippen LogP contribution in [0.3, 0.4) is 0 Å². The van der Waals surface area contributed by atoms with Crippen molar-refractivity contribution in [3.05, 3.63) is 70.2 Å². The molecular formula is C18H18BrN3O4. The first kappa shape index (κ1) is 19.7. The number of hydrogen-bond donors (Lipinski definition) is 1. The Morgan fingerprint density at radius 2 is 1.92 bits per heavy atom. The smallest absolute Gasteiger partial charge is 0.365 e. The Morgan fingerprint density at radius 3 is 2.58 bits per heavy atom. The van der Waals surface area contributed by atoms with Gasteiger partial charge in [0.15, 0.2) is 12.7 Å². The summed E-state index contributed by atoms with van der Waals surface area (Å²) in [5, 5.41) is 22.3. The number of nitrogens with zero attached hydrogens (tertiary/aromatic N) is 3. The molecular weight excluding hydrogens is 402 g/mol. The summed E-state index contributed by atoms with van der Waals surface area (Å²) in [5.41, 5.74) is 0.558. The standard InChI is InChI=1S/C18H18N3O4.BrH/c1-13-19(12-18(21(24)25)20(13)8-9-22)11-17(23)16-7-6-14-4-2-3-5-15(14)10-16;/h2-7,10,12,22H,8-9,11H2,1H3;1H/q+1;/p-1. The Hall–Kier alpha value is -2.58. The second-order valence-electron chi connectivity index (χ2n) is 5.78. The summed E-state index contributed by atoms with van der Waals surface area (Å²) in [6.45, 7) is 1.59. The highest BCUT2D eigenvalue weighted by atomic mass is 79.9. The van der Waals surface area contributed by atoms with Crippen LogP contribution in [0.4, 0.5) is 5.82 Å². The number of imidazole rings is 1. The molecule has 26 heavy (non-hydrogen) atoms. The van der Waals surface area contributed by atoms with Crippen molar-refractivity contribution in [1.82, 2.24) is 4.57 Å². The second-order valence-corrected chi connectivity index (χ2v) is 5.78. The molecule has 2 aromatic carbocycles. The Bertz CT molecular complexity index is 968. The van der Waals surface area contributed by atoms with Gasteiger partial charge in [0.05, 0.1) is 6.61 Å². The average Bonchev–Trinajstić information content (AvgIpc) is 2.91. The zero-order chi connectivity index (χ0) is 18.0. The Morgan fingerprint density at radius 1 is 1.23 bits per heavy atom. The molecule has 136 valence electrons. The molecule has 0 saturated heterocycles. The number of halogens is 1. The Balaban J connectivity index is 0.00000243. The molecule has 0 atom stereocenters. The van der Waals surface area contributed by atoms with Gasteiger partial charge in [0, 0.05) is 12.5 Å². The third kappa shape index (κ3) is 3.81. The topological polar surface area (TPSA) is 89.2 Å². The minimum atomic E-state index is -0.514. The number of benzene rings is 2. The van der Waals surface area contributed by atoms with Crippen molar-refractivity contribution in [2.45, 2.75) is 20.0 Å². The molecule has 1 heterocycles. The van der Waals surface area contributed by atoms with Gasteiger partial charge in [-0.3, -0.25) is 4.79 Å². The van der Waals surface area contributed by atoms with E-state index in [0.717, 1.165) is 10.8 Å². The van der Waals surface area contributed by atoms with Crippen LogP contribution in [0.1, 0.15) is 16.2 Å². The number of aliphatic hydroxyl groups excluding tert-OH is 1. The molecule has 0 unspecified atom stereocenters. The summed E-state index contributed by atoms with van der Waals surface area (Å²) in [5.74, 6) is 0.280. The van der Waals surface area contributed by atoms with Gasteiger partial charge in [-0.25, -0.2) is 4.57 Å². The fourth-order valence-corrected chi connectivity index (χ4v) is 2.91. The van der Waals surface area contributed by atoms with Gasteiger partial charge in [0.1, 0.15) is 6.54 Å². The number of fused-ring (bicyclic) bond motifs is 1. The van der Waals surface area contributed by atoms with E-state index in [1.165, 1.54) is 10.8 Å². The molecule has 0 aliphatic carbocycles. The maximum atomic E-state index is 12.6. The molecule has 0 amide bonds. The molecule has 0 bridgehead atoms. The first-order chi connectivity index (χ1) is 12.0. The van der Waals surface area contributed by atoms with E-state index >= 15 is 0 Å². The van der Waals surface area contributed by atoms with Crippen molar-refractivity contribution in [3.63, 3.8) is 0 Å². The number of nitro groups is 1. The lowest BCUT2D eigenvalue weighted by Gasteiger charge is -2.03. The van der Waals surface area contributed by atoms with Gasteiger partial charge in [-0.05, 0) is 21.8 Å². The molecule has 1 N–H and O–H groups in total. The number of hydrogen-bond acceptors (Lipinski definition) is 4. The van der Waals surface area contributed by atoms with E-state index < -0.39 is 4.92 Å². The van der Waals surface area contributed by atoms with E-state index in [1.807, 2.05) is 36.4 Å². The van der Waals surface area contributed by atoms with Crippen molar-refractivity contribution < 1.29 is 36.4 Å². The molecule has 0 radical (unpaired) electrons. The number of rotatable bonds is 6. The van der Waals surface area contributed by atoms with Crippen LogP contribution in [0.15, 0.2) is 48.7 Å². The van der Waals surface area contributed by atoms with Crippen LogP contribution in [0.25, 0.3) is 10.8 Å². The lowest BCUT2D eigenvalue weighted by molar-refractivity contribution is -0.689. The third-order valence-corrected chi connectivity index (χ3v) is 4.25. The molecule has 0 aliphatic rings. The summed E-state index contributed by atoms with van der Waals surface area (Å²) < 4.78 is 2.94. The summed E-state index contributed by atoms with van der Waals surface area (Å²) in [7, 11) is 0. The quantitative estimate of drug-likeness (QED) is 0.241. The predicted molar refractivity (Wildman–Crippen MR) is 91.4 cm³/mol. The molecule has 7 nitrogen and oxygen atoms in total. The lowest BCUT2D eigenvalue weighted by atomic mass is 10.0. The highest BCUT2D eigenvalue weighted by Gasteiger charge is 2.25. The number of aromatic nitrogens is 2. The fraction of sp³-hybridized carbons (Fsp3) is 0.222. The van der Waals surface area contributed by atoms with Crippen LogP contribution in [-0.4, -0.2) is 27.0 Å². The van der Waals surface area contributed by atoms with Crippen LogP contribution in [0, 0.1) is 17.0 Å². The van der Waals surface area contributed by atoms with Gasteiger partial charge in [0.25, 0.3) is 5.82 Å². The summed E-state index contributed by atoms with van der Waals surface area (Å²) in [6.07, 6.45) is 1.34. The van der Waals surface area contributed by atoms with E-state index in [2.05, 4.69) is 0 Å². The van der Waals surface area contributed by atoms with Crippen molar-refractivity contribution in [2.24, 2.45) is 0 Å². The average molecular weight is 420 g/mol. The largest absolute Gasteiger partial charge is 1.00 e. The Labute approximate surface area is 160 Å². The van der Waals surface area contributed by atoms with E-state index in [9.17, 15) is 14.9 Å². The number of carbonyl (C=O) groups is 1. The van der Waals surface area contributed by atoms with E-state index in [-0.39, 0.29) is 48.3 Å². The Kier molecular flexibility index (Phi) is 6.23. The van der Waals surface area contributed by atoms with Crippen molar-refractivity contribution in [2.75, 3.05) is 6.61 Å². The normalized spacial score (nSPS) is 10.5.